The molecule has 0 bridgehead atoms. The van der Waals surface area contributed by atoms with Gasteiger partial charge in [-0.2, -0.15) is 0 Å². The molecule has 0 N–H and O–H groups in total. The molecule has 1 atom stereocenters. The summed E-state index contributed by atoms with van der Waals surface area (Å²) in [5, 5.41) is 10.6. The van der Waals surface area contributed by atoms with Crippen LogP contribution in [-0.2, 0) is 11.3 Å². The van der Waals surface area contributed by atoms with Crippen LogP contribution in [0.25, 0.3) is 0 Å². The fourth-order valence-electron chi connectivity index (χ4n) is 1.58. The highest BCUT2D eigenvalue weighted by atomic mass is 16.6. The van der Waals surface area contributed by atoms with Crippen molar-refractivity contribution >= 4 is 5.78 Å². The van der Waals surface area contributed by atoms with E-state index in [-0.39, 0.29) is 17.1 Å². The summed E-state index contributed by atoms with van der Waals surface area (Å²) >= 11 is 0. The smallest absolute Gasteiger partial charge is 0.213 e. The molecule has 94 valence electrons. The molecule has 1 aromatic rings. The molecule has 1 aromatic heterocycles. The van der Waals surface area contributed by atoms with Crippen molar-refractivity contribution in [1.29, 1.82) is 0 Å². The summed E-state index contributed by atoms with van der Waals surface area (Å²) in [4.78, 5) is 25.7. The molecule has 0 saturated carbocycles. The van der Waals surface area contributed by atoms with Gasteiger partial charge in [0.15, 0.2) is 0 Å². The Morgan fingerprint density at radius 3 is 2.82 bits per heavy atom. The number of hydrogen-bond acceptors (Lipinski definition) is 4. The summed E-state index contributed by atoms with van der Waals surface area (Å²) in [7, 11) is 0. The molecule has 0 spiro atoms. The van der Waals surface area contributed by atoms with E-state index in [1.54, 1.807) is 25.6 Å². The first kappa shape index (κ1) is 13.3. The van der Waals surface area contributed by atoms with Gasteiger partial charge in [0.1, 0.15) is 5.78 Å². The molecule has 17 heavy (non-hydrogen) atoms. The average molecular weight is 239 g/mol. The fraction of sp³-hybridized carbons (Fsp3) is 0.636. The minimum Gasteiger partial charge on any atom is -0.337 e. The van der Waals surface area contributed by atoms with Crippen LogP contribution < -0.4 is 0 Å². The highest BCUT2D eigenvalue weighted by molar-refractivity contribution is 5.78. The van der Waals surface area contributed by atoms with Crippen LogP contribution in [0.15, 0.2) is 18.7 Å². The molecule has 0 aliphatic carbocycles. The first-order valence-electron chi connectivity index (χ1n) is 5.74. The van der Waals surface area contributed by atoms with E-state index in [9.17, 15) is 14.9 Å². The second kappa shape index (κ2) is 6.78. The fourth-order valence-corrected chi connectivity index (χ4v) is 1.58. The zero-order valence-corrected chi connectivity index (χ0v) is 9.91. The molecular weight excluding hydrogens is 222 g/mol. The summed E-state index contributed by atoms with van der Waals surface area (Å²) in [5.41, 5.74) is 0. The summed E-state index contributed by atoms with van der Waals surface area (Å²) in [5.74, 6) is 0.0685. The minimum atomic E-state index is -0.591. The van der Waals surface area contributed by atoms with Gasteiger partial charge in [0, 0.05) is 49.5 Å². The minimum absolute atomic E-state index is 0.0685. The van der Waals surface area contributed by atoms with Gasteiger partial charge in [0.25, 0.3) is 0 Å². The lowest BCUT2D eigenvalue weighted by atomic mass is 10.1. The van der Waals surface area contributed by atoms with Gasteiger partial charge in [0.2, 0.25) is 6.04 Å². The number of carbonyl (C=O) groups is 1. The number of nitro groups is 1. The molecule has 0 fully saturated rings. The van der Waals surface area contributed by atoms with Crippen molar-refractivity contribution in [3.63, 3.8) is 0 Å². The normalized spacial score (nSPS) is 12.3. The van der Waals surface area contributed by atoms with Gasteiger partial charge in [-0.3, -0.25) is 14.9 Å². The molecule has 0 aliphatic rings. The predicted octanol–water partition coefficient (Wildman–Crippen LogP) is 1.68. The van der Waals surface area contributed by atoms with Crippen molar-refractivity contribution in [2.24, 2.45) is 0 Å². The Balaban J connectivity index is 2.23. The second-order valence-electron chi connectivity index (χ2n) is 3.98. The Labute approximate surface area is 99.8 Å². The molecule has 0 aliphatic heterocycles. The van der Waals surface area contributed by atoms with Gasteiger partial charge in [-0.15, -0.1) is 0 Å². The van der Waals surface area contributed by atoms with Crippen LogP contribution in [0.5, 0.6) is 0 Å². The number of ketones is 1. The van der Waals surface area contributed by atoms with Gasteiger partial charge in [-0.1, -0.05) is 6.92 Å². The summed E-state index contributed by atoms with van der Waals surface area (Å²) in [6.45, 7) is 2.36. The lowest BCUT2D eigenvalue weighted by Crippen LogP contribution is -2.19. The highest BCUT2D eigenvalue weighted by Crippen LogP contribution is 2.07. The van der Waals surface area contributed by atoms with Crippen LogP contribution in [0.2, 0.25) is 0 Å². The van der Waals surface area contributed by atoms with Crippen molar-refractivity contribution in [1.82, 2.24) is 9.55 Å². The summed E-state index contributed by atoms with van der Waals surface area (Å²) in [6.07, 6.45) is 6.61. The van der Waals surface area contributed by atoms with E-state index < -0.39 is 6.04 Å². The molecule has 1 unspecified atom stereocenters. The molecule has 0 amide bonds. The number of carbonyl (C=O) groups excluding carboxylic acids is 1. The second-order valence-corrected chi connectivity index (χ2v) is 3.98. The van der Waals surface area contributed by atoms with Crippen molar-refractivity contribution in [2.45, 2.75) is 45.2 Å². The maximum atomic E-state index is 11.5. The maximum absolute atomic E-state index is 11.5. The maximum Gasteiger partial charge on any atom is 0.213 e. The largest absolute Gasteiger partial charge is 0.337 e. The molecule has 6 heteroatoms. The number of aryl methyl sites for hydroxylation is 1. The first-order chi connectivity index (χ1) is 8.13. The zero-order valence-electron chi connectivity index (χ0n) is 9.91. The number of nitrogens with zero attached hydrogens (tertiary/aromatic N) is 3. The number of aromatic nitrogens is 2. The van der Waals surface area contributed by atoms with Crippen LogP contribution >= 0.6 is 0 Å². The highest BCUT2D eigenvalue weighted by Gasteiger charge is 2.18. The monoisotopic (exact) mass is 239 g/mol. The molecular formula is C11H17N3O3. The predicted molar refractivity (Wildman–Crippen MR) is 62.2 cm³/mol. The van der Waals surface area contributed by atoms with Gasteiger partial charge in [-0.25, -0.2) is 4.98 Å². The van der Waals surface area contributed by atoms with Gasteiger partial charge in [0.05, 0.1) is 6.33 Å². The van der Waals surface area contributed by atoms with Crippen molar-refractivity contribution in [3.05, 3.63) is 28.8 Å². The van der Waals surface area contributed by atoms with Crippen molar-refractivity contribution < 1.29 is 9.72 Å². The third-order valence-electron chi connectivity index (χ3n) is 2.73. The molecule has 0 saturated heterocycles. The van der Waals surface area contributed by atoms with Crippen LogP contribution in [0.4, 0.5) is 0 Å². The van der Waals surface area contributed by atoms with E-state index in [0.29, 0.717) is 25.8 Å². The van der Waals surface area contributed by atoms with E-state index in [1.807, 2.05) is 4.57 Å². The lowest BCUT2D eigenvalue weighted by Gasteiger charge is -2.06. The third-order valence-corrected chi connectivity index (χ3v) is 2.73. The Morgan fingerprint density at radius 1 is 1.53 bits per heavy atom. The Bertz CT molecular complexity index is 362. The summed E-state index contributed by atoms with van der Waals surface area (Å²) in [6, 6.07) is -0.591. The van der Waals surface area contributed by atoms with E-state index in [0.717, 1.165) is 0 Å². The van der Waals surface area contributed by atoms with Crippen LogP contribution in [0, 0.1) is 10.1 Å². The van der Waals surface area contributed by atoms with Crippen molar-refractivity contribution in [2.75, 3.05) is 0 Å². The van der Waals surface area contributed by atoms with E-state index in [4.69, 9.17) is 0 Å². The zero-order chi connectivity index (χ0) is 12.7. The quantitative estimate of drug-likeness (QED) is 0.510. The molecule has 6 nitrogen and oxygen atoms in total. The van der Waals surface area contributed by atoms with Gasteiger partial charge >= 0.3 is 0 Å². The van der Waals surface area contributed by atoms with Crippen LogP contribution in [0.3, 0.4) is 0 Å². The van der Waals surface area contributed by atoms with Gasteiger partial charge < -0.3 is 4.57 Å². The third kappa shape index (κ3) is 4.76. The Kier molecular flexibility index (Phi) is 5.32. The standard InChI is InChI=1S/C11H17N3O3/c1-2-10(14(16)17)3-4-11(15)5-7-13-8-6-12-9-13/h6,8-10H,2-5,7H2,1H3. The average Bonchev–Trinajstić information content (AvgIpc) is 2.79. The van der Waals surface area contributed by atoms with E-state index >= 15 is 0 Å². The Morgan fingerprint density at radius 2 is 2.29 bits per heavy atom. The van der Waals surface area contributed by atoms with E-state index in [1.165, 1.54) is 0 Å². The lowest BCUT2D eigenvalue weighted by molar-refractivity contribution is -0.523. The van der Waals surface area contributed by atoms with E-state index in [2.05, 4.69) is 4.98 Å². The summed E-state index contributed by atoms with van der Waals surface area (Å²) < 4.78 is 1.82. The van der Waals surface area contributed by atoms with Crippen LogP contribution in [0.1, 0.15) is 32.6 Å². The topological polar surface area (TPSA) is 78.0 Å². The van der Waals surface area contributed by atoms with Crippen LogP contribution in [-0.4, -0.2) is 26.3 Å². The number of hydrogen-bond donors (Lipinski definition) is 0. The SMILES string of the molecule is CCC(CCC(=O)CCn1ccnc1)[N+](=O)[O-]. The Hall–Kier alpha value is -1.72. The van der Waals surface area contributed by atoms with Gasteiger partial charge in [-0.05, 0) is 0 Å². The number of Topliss-reactive ketones (excluding diaryl/α,β-unsaturated/α-hetero) is 1. The first-order valence-corrected chi connectivity index (χ1v) is 5.74. The molecule has 0 aromatic carbocycles. The number of imidazole rings is 1. The molecule has 0 radical (unpaired) electrons. The molecule has 1 heterocycles. The number of rotatable bonds is 8. The molecule has 1 rings (SSSR count). The van der Waals surface area contributed by atoms with Crippen molar-refractivity contribution in [3.8, 4) is 0 Å².